The normalized spacial score (nSPS) is 19.8. The fourth-order valence-electron chi connectivity index (χ4n) is 3.20. The van der Waals surface area contributed by atoms with Gasteiger partial charge in [-0.05, 0) is 24.5 Å². The Morgan fingerprint density at radius 1 is 1.22 bits per heavy atom. The predicted octanol–water partition coefficient (Wildman–Crippen LogP) is 1.65. The highest BCUT2D eigenvalue weighted by Crippen LogP contribution is 2.32. The standard InChI is InChI=1S/C16H18FN3O3/c17-12-7-3-2-6-11(12)10-13(21)19-20-14(22)16(18-15(20)23)8-4-1-5-9-16/h2-3,6-7H,1,4-5,8-10H2,(H,18,23)(H,19,21). The third-order valence-electron chi connectivity index (χ3n) is 4.41. The summed E-state index contributed by atoms with van der Waals surface area (Å²) in [7, 11) is 0. The van der Waals surface area contributed by atoms with Crippen LogP contribution in [0.25, 0.3) is 0 Å². The molecule has 6 nitrogen and oxygen atoms in total. The molecule has 0 bridgehead atoms. The molecule has 0 radical (unpaired) electrons. The summed E-state index contributed by atoms with van der Waals surface area (Å²) in [5.41, 5.74) is 1.62. The second kappa shape index (κ2) is 5.98. The van der Waals surface area contributed by atoms with Gasteiger partial charge in [0.2, 0.25) is 5.91 Å². The molecule has 1 aliphatic carbocycles. The summed E-state index contributed by atoms with van der Waals surface area (Å²) in [6.07, 6.45) is 3.68. The zero-order valence-corrected chi connectivity index (χ0v) is 12.6. The van der Waals surface area contributed by atoms with Gasteiger partial charge in [-0.3, -0.25) is 15.0 Å². The van der Waals surface area contributed by atoms with Crippen LogP contribution in [0.15, 0.2) is 24.3 Å². The summed E-state index contributed by atoms with van der Waals surface area (Å²) in [6.45, 7) is 0. The molecule has 7 heteroatoms. The Balaban J connectivity index is 1.68. The number of benzene rings is 1. The third-order valence-corrected chi connectivity index (χ3v) is 4.41. The van der Waals surface area contributed by atoms with E-state index in [9.17, 15) is 18.8 Å². The number of nitrogens with one attached hydrogen (secondary N) is 2. The number of hydrogen-bond donors (Lipinski definition) is 2. The largest absolute Gasteiger partial charge is 0.344 e. The number of carbonyl (C=O) groups excluding carboxylic acids is 3. The number of urea groups is 1. The van der Waals surface area contributed by atoms with Crippen molar-refractivity contribution in [3.8, 4) is 0 Å². The van der Waals surface area contributed by atoms with Gasteiger partial charge in [0.05, 0.1) is 6.42 Å². The summed E-state index contributed by atoms with van der Waals surface area (Å²) in [4.78, 5) is 36.6. The Labute approximate surface area is 133 Å². The minimum Gasteiger partial charge on any atom is -0.322 e. The Morgan fingerprint density at radius 3 is 2.61 bits per heavy atom. The molecule has 1 aliphatic heterocycles. The summed E-state index contributed by atoms with van der Waals surface area (Å²) < 4.78 is 13.6. The molecule has 122 valence electrons. The maximum atomic E-state index is 13.6. The molecule has 1 saturated carbocycles. The maximum Gasteiger partial charge on any atom is 0.344 e. The number of hydrazine groups is 1. The quantitative estimate of drug-likeness (QED) is 0.832. The van der Waals surface area contributed by atoms with Crippen molar-refractivity contribution in [2.45, 2.75) is 44.1 Å². The van der Waals surface area contributed by atoms with E-state index in [4.69, 9.17) is 0 Å². The van der Waals surface area contributed by atoms with Crippen LogP contribution in [0.1, 0.15) is 37.7 Å². The second-order valence-electron chi connectivity index (χ2n) is 6.02. The maximum absolute atomic E-state index is 13.6. The van der Waals surface area contributed by atoms with Crippen LogP contribution in [-0.2, 0) is 16.0 Å². The monoisotopic (exact) mass is 319 g/mol. The molecule has 1 heterocycles. The van der Waals surface area contributed by atoms with Gasteiger partial charge in [0.1, 0.15) is 11.4 Å². The van der Waals surface area contributed by atoms with Gasteiger partial charge in [-0.2, -0.15) is 5.01 Å². The highest BCUT2D eigenvalue weighted by atomic mass is 19.1. The SMILES string of the molecule is O=C(Cc1ccccc1F)NN1C(=O)NC2(CCCCC2)C1=O. The Kier molecular flexibility index (Phi) is 4.02. The summed E-state index contributed by atoms with van der Waals surface area (Å²) in [5, 5.41) is 3.43. The van der Waals surface area contributed by atoms with Gasteiger partial charge in [-0.15, -0.1) is 0 Å². The zero-order chi connectivity index (χ0) is 16.4. The van der Waals surface area contributed by atoms with E-state index in [1.54, 1.807) is 6.07 Å². The fourth-order valence-corrected chi connectivity index (χ4v) is 3.20. The zero-order valence-electron chi connectivity index (χ0n) is 12.6. The van der Waals surface area contributed by atoms with E-state index in [-0.39, 0.29) is 12.0 Å². The molecule has 23 heavy (non-hydrogen) atoms. The first-order valence-electron chi connectivity index (χ1n) is 7.71. The second-order valence-corrected chi connectivity index (χ2v) is 6.02. The van der Waals surface area contributed by atoms with Crippen molar-refractivity contribution in [3.63, 3.8) is 0 Å². The van der Waals surface area contributed by atoms with E-state index in [0.29, 0.717) is 12.8 Å². The molecule has 1 saturated heterocycles. The van der Waals surface area contributed by atoms with E-state index >= 15 is 0 Å². The lowest BCUT2D eigenvalue weighted by Crippen LogP contribution is -2.51. The fraction of sp³-hybridized carbons (Fsp3) is 0.438. The number of nitrogens with zero attached hydrogens (tertiary/aromatic N) is 1. The molecule has 1 aromatic carbocycles. The average molecular weight is 319 g/mol. The van der Waals surface area contributed by atoms with Crippen molar-refractivity contribution in [1.82, 2.24) is 15.8 Å². The van der Waals surface area contributed by atoms with Gasteiger partial charge in [0, 0.05) is 0 Å². The number of rotatable bonds is 3. The van der Waals surface area contributed by atoms with Crippen molar-refractivity contribution in [3.05, 3.63) is 35.6 Å². The van der Waals surface area contributed by atoms with E-state index < -0.39 is 29.2 Å². The molecule has 1 spiro atoms. The lowest BCUT2D eigenvalue weighted by molar-refractivity contribution is -0.139. The number of carbonyl (C=O) groups is 3. The lowest BCUT2D eigenvalue weighted by atomic mass is 9.82. The van der Waals surface area contributed by atoms with Crippen LogP contribution < -0.4 is 10.7 Å². The minimum atomic E-state index is -0.888. The molecular weight excluding hydrogens is 301 g/mol. The first-order valence-corrected chi connectivity index (χ1v) is 7.71. The van der Waals surface area contributed by atoms with E-state index in [1.807, 2.05) is 0 Å². The number of hydrogen-bond acceptors (Lipinski definition) is 3. The number of halogens is 1. The predicted molar refractivity (Wildman–Crippen MR) is 79.4 cm³/mol. The van der Waals surface area contributed by atoms with Crippen LogP contribution in [0, 0.1) is 5.82 Å². The van der Waals surface area contributed by atoms with E-state index in [0.717, 1.165) is 24.3 Å². The van der Waals surface area contributed by atoms with Crippen LogP contribution in [0.2, 0.25) is 0 Å². The molecule has 1 aromatic rings. The van der Waals surface area contributed by atoms with Gasteiger partial charge >= 0.3 is 6.03 Å². The molecule has 3 rings (SSSR count). The first-order chi connectivity index (χ1) is 11.0. The molecule has 2 aliphatic rings. The van der Waals surface area contributed by atoms with Crippen LogP contribution in [0.3, 0.4) is 0 Å². The third kappa shape index (κ3) is 2.91. The lowest BCUT2D eigenvalue weighted by Gasteiger charge is -2.30. The topological polar surface area (TPSA) is 78.5 Å². The van der Waals surface area contributed by atoms with Gasteiger partial charge in [0.25, 0.3) is 5.91 Å². The van der Waals surface area contributed by atoms with Crippen molar-refractivity contribution < 1.29 is 18.8 Å². The number of imide groups is 1. The molecule has 0 aromatic heterocycles. The molecule has 2 fully saturated rings. The van der Waals surface area contributed by atoms with Crippen molar-refractivity contribution in [2.24, 2.45) is 0 Å². The Hall–Kier alpha value is -2.44. The molecule has 0 unspecified atom stereocenters. The van der Waals surface area contributed by atoms with Crippen molar-refractivity contribution in [1.29, 1.82) is 0 Å². The summed E-state index contributed by atoms with van der Waals surface area (Å²) in [5.74, 6) is -1.53. The van der Waals surface area contributed by atoms with Crippen molar-refractivity contribution in [2.75, 3.05) is 0 Å². The Bertz CT molecular complexity index is 656. The summed E-state index contributed by atoms with van der Waals surface area (Å²) in [6, 6.07) is 5.27. The Morgan fingerprint density at radius 2 is 1.91 bits per heavy atom. The van der Waals surface area contributed by atoms with Gasteiger partial charge in [0.15, 0.2) is 0 Å². The highest BCUT2D eigenvalue weighted by Gasteiger charge is 2.52. The minimum absolute atomic E-state index is 0.212. The number of amides is 4. The van der Waals surface area contributed by atoms with Crippen LogP contribution in [0.5, 0.6) is 0 Å². The first kappa shape index (κ1) is 15.5. The summed E-state index contributed by atoms with van der Waals surface area (Å²) >= 11 is 0. The average Bonchev–Trinajstić information content (AvgIpc) is 2.75. The van der Waals surface area contributed by atoms with Crippen LogP contribution in [-0.4, -0.2) is 28.4 Å². The van der Waals surface area contributed by atoms with Crippen molar-refractivity contribution >= 4 is 17.8 Å². The van der Waals surface area contributed by atoms with E-state index in [2.05, 4.69) is 10.7 Å². The highest BCUT2D eigenvalue weighted by molar-refractivity contribution is 6.08. The van der Waals surface area contributed by atoms with Crippen LogP contribution >= 0.6 is 0 Å². The molecular formula is C16H18FN3O3. The van der Waals surface area contributed by atoms with Gasteiger partial charge < -0.3 is 5.32 Å². The van der Waals surface area contributed by atoms with E-state index in [1.165, 1.54) is 18.2 Å². The van der Waals surface area contributed by atoms with Gasteiger partial charge in [-0.1, -0.05) is 37.5 Å². The molecule has 4 amide bonds. The molecule has 2 N–H and O–H groups in total. The van der Waals surface area contributed by atoms with Crippen LogP contribution in [0.4, 0.5) is 9.18 Å². The van der Waals surface area contributed by atoms with Gasteiger partial charge in [-0.25, -0.2) is 9.18 Å². The molecule has 0 atom stereocenters. The smallest absolute Gasteiger partial charge is 0.322 e.